The summed E-state index contributed by atoms with van der Waals surface area (Å²) in [5, 5.41) is 6.18. The van der Waals surface area contributed by atoms with E-state index in [2.05, 4.69) is 10.4 Å². The van der Waals surface area contributed by atoms with E-state index in [1.807, 2.05) is 0 Å². The van der Waals surface area contributed by atoms with Gasteiger partial charge in [0.1, 0.15) is 11.6 Å². The Morgan fingerprint density at radius 1 is 1.08 bits per heavy atom. The first kappa shape index (κ1) is 16.6. The number of anilines is 1. The second-order valence-electron chi connectivity index (χ2n) is 5.02. The van der Waals surface area contributed by atoms with Crippen molar-refractivity contribution in [1.29, 1.82) is 0 Å². The molecular formula is C17H12F3N3O2. The number of nitrogens with zero attached hydrogens (tertiary/aromatic N) is 2. The first-order chi connectivity index (χ1) is 12.0. The lowest BCUT2D eigenvalue weighted by Crippen LogP contribution is -2.15. The second kappa shape index (κ2) is 7.08. The molecule has 5 nitrogen and oxygen atoms in total. The predicted octanol–water partition coefficient (Wildman–Crippen LogP) is 3.59. The van der Waals surface area contributed by atoms with Gasteiger partial charge in [0.25, 0.3) is 5.91 Å². The van der Waals surface area contributed by atoms with Gasteiger partial charge in [0.2, 0.25) is 0 Å². The Kier molecular flexibility index (Phi) is 4.69. The van der Waals surface area contributed by atoms with E-state index in [0.717, 1.165) is 18.2 Å². The Bertz CT molecular complexity index is 912. The van der Waals surface area contributed by atoms with E-state index in [9.17, 15) is 18.0 Å². The first-order valence-corrected chi connectivity index (χ1v) is 7.20. The normalized spacial score (nSPS) is 10.5. The van der Waals surface area contributed by atoms with Crippen LogP contribution in [0.25, 0.3) is 0 Å². The summed E-state index contributed by atoms with van der Waals surface area (Å²) in [6.45, 7) is -0.122. The highest BCUT2D eigenvalue weighted by Gasteiger charge is 2.13. The van der Waals surface area contributed by atoms with Crippen molar-refractivity contribution in [2.24, 2.45) is 0 Å². The third kappa shape index (κ3) is 3.97. The van der Waals surface area contributed by atoms with Crippen LogP contribution in [0.2, 0.25) is 0 Å². The van der Waals surface area contributed by atoms with Gasteiger partial charge < -0.3 is 10.1 Å². The zero-order chi connectivity index (χ0) is 17.8. The van der Waals surface area contributed by atoms with Crippen LogP contribution in [-0.2, 0) is 6.73 Å². The van der Waals surface area contributed by atoms with Gasteiger partial charge in [0.15, 0.2) is 24.0 Å². The van der Waals surface area contributed by atoms with Crippen LogP contribution in [0.3, 0.4) is 0 Å². The lowest BCUT2D eigenvalue weighted by atomic mass is 10.3. The van der Waals surface area contributed by atoms with Crippen LogP contribution in [0.15, 0.2) is 54.7 Å². The van der Waals surface area contributed by atoms with Crippen LogP contribution in [0, 0.1) is 17.5 Å². The summed E-state index contributed by atoms with van der Waals surface area (Å²) >= 11 is 0. The highest BCUT2D eigenvalue weighted by atomic mass is 19.1. The number of para-hydroxylation sites is 1. The van der Waals surface area contributed by atoms with Crippen molar-refractivity contribution in [1.82, 2.24) is 9.78 Å². The fraction of sp³-hybridized carbons (Fsp3) is 0.0588. The molecule has 0 atom stereocenters. The second-order valence-corrected chi connectivity index (χ2v) is 5.02. The van der Waals surface area contributed by atoms with Gasteiger partial charge in [-0.25, -0.2) is 17.9 Å². The van der Waals surface area contributed by atoms with Gasteiger partial charge >= 0.3 is 0 Å². The van der Waals surface area contributed by atoms with E-state index in [0.29, 0.717) is 0 Å². The Morgan fingerprint density at radius 3 is 2.68 bits per heavy atom. The molecule has 128 valence electrons. The Balaban J connectivity index is 1.65. The molecule has 0 radical (unpaired) electrons. The van der Waals surface area contributed by atoms with Gasteiger partial charge in [-0.15, -0.1) is 0 Å². The van der Waals surface area contributed by atoms with E-state index >= 15 is 0 Å². The Labute approximate surface area is 140 Å². The number of hydrogen-bond acceptors (Lipinski definition) is 3. The third-order valence-electron chi connectivity index (χ3n) is 3.24. The number of nitrogens with one attached hydrogen (secondary N) is 1. The number of amides is 1. The molecule has 1 N–H and O–H groups in total. The maximum Gasteiger partial charge on any atom is 0.276 e. The third-order valence-corrected chi connectivity index (χ3v) is 3.24. The van der Waals surface area contributed by atoms with Crippen molar-refractivity contribution in [3.8, 4) is 5.75 Å². The predicted molar refractivity (Wildman–Crippen MR) is 83.6 cm³/mol. The van der Waals surface area contributed by atoms with Crippen molar-refractivity contribution in [2.75, 3.05) is 5.32 Å². The molecule has 1 aromatic heterocycles. The molecule has 0 fully saturated rings. The number of carbonyl (C=O) groups excluding carboxylic acids is 1. The van der Waals surface area contributed by atoms with Gasteiger partial charge in [0, 0.05) is 12.3 Å². The maximum absolute atomic E-state index is 13.5. The molecule has 3 aromatic rings. The van der Waals surface area contributed by atoms with Crippen molar-refractivity contribution in [3.05, 3.63) is 77.9 Å². The molecule has 8 heteroatoms. The summed E-state index contributed by atoms with van der Waals surface area (Å²) in [6, 6.07) is 9.95. The molecule has 1 heterocycles. The molecule has 1 amide bonds. The van der Waals surface area contributed by atoms with E-state index in [1.165, 1.54) is 35.1 Å². The molecule has 0 aliphatic rings. The molecule has 0 saturated heterocycles. The first-order valence-electron chi connectivity index (χ1n) is 7.20. The monoisotopic (exact) mass is 347 g/mol. The molecule has 0 aliphatic carbocycles. The minimum absolute atomic E-state index is 0.0270. The van der Waals surface area contributed by atoms with Gasteiger partial charge in [-0.1, -0.05) is 12.1 Å². The fourth-order valence-electron chi connectivity index (χ4n) is 2.03. The van der Waals surface area contributed by atoms with E-state index in [-0.39, 0.29) is 23.9 Å². The maximum atomic E-state index is 13.5. The Morgan fingerprint density at radius 2 is 1.88 bits per heavy atom. The van der Waals surface area contributed by atoms with Gasteiger partial charge in [-0.05, 0) is 30.3 Å². The molecule has 3 rings (SSSR count). The fourth-order valence-corrected chi connectivity index (χ4v) is 2.03. The zero-order valence-corrected chi connectivity index (χ0v) is 12.7. The van der Waals surface area contributed by atoms with Crippen LogP contribution in [0.4, 0.5) is 18.9 Å². The Hall–Kier alpha value is -3.29. The molecule has 25 heavy (non-hydrogen) atoms. The zero-order valence-electron chi connectivity index (χ0n) is 12.7. The molecule has 0 saturated carbocycles. The summed E-state index contributed by atoms with van der Waals surface area (Å²) in [6.07, 6.45) is 1.44. The van der Waals surface area contributed by atoms with E-state index < -0.39 is 23.4 Å². The lowest BCUT2D eigenvalue weighted by Gasteiger charge is -2.07. The van der Waals surface area contributed by atoms with Crippen molar-refractivity contribution in [3.63, 3.8) is 0 Å². The number of rotatable bonds is 5. The summed E-state index contributed by atoms with van der Waals surface area (Å²) < 4.78 is 46.6. The average molecular weight is 347 g/mol. The van der Waals surface area contributed by atoms with Crippen LogP contribution in [0.1, 0.15) is 10.5 Å². The molecule has 0 aliphatic heterocycles. The molecule has 0 bridgehead atoms. The lowest BCUT2D eigenvalue weighted by molar-refractivity contribution is 0.101. The largest absolute Gasteiger partial charge is 0.468 e. The van der Waals surface area contributed by atoms with E-state index in [1.54, 1.807) is 6.07 Å². The van der Waals surface area contributed by atoms with Crippen LogP contribution in [-0.4, -0.2) is 15.7 Å². The molecule has 2 aromatic carbocycles. The highest BCUT2D eigenvalue weighted by Crippen LogP contribution is 2.17. The summed E-state index contributed by atoms with van der Waals surface area (Å²) in [5.41, 5.74) is -0.317. The quantitative estimate of drug-likeness (QED) is 0.767. The molecular weight excluding hydrogens is 335 g/mol. The number of halogens is 3. The van der Waals surface area contributed by atoms with Gasteiger partial charge in [0.05, 0.1) is 5.69 Å². The number of hydrogen-bond donors (Lipinski definition) is 1. The average Bonchev–Trinajstić information content (AvgIpc) is 3.06. The standard InChI is InChI=1S/C17H12F3N3O2/c18-11-5-6-12(19)15(9-11)21-17(24)14-7-8-23(22-14)10-25-16-4-2-1-3-13(16)20/h1-9H,10H2,(H,21,24). The van der Waals surface area contributed by atoms with Crippen LogP contribution >= 0.6 is 0 Å². The van der Waals surface area contributed by atoms with Crippen LogP contribution in [0.5, 0.6) is 5.75 Å². The minimum Gasteiger partial charge on any atom is -0.468 e. The smallest absolute Gasteiger partial charge is 0.276 e. The van der Waals surface area contributed by atoms with Crippen molar-refractivity contribution < 1.29 is 22.7 Å². The number of carbonyl (C=O) groups is 1. The van der Waals surface area contributed by atoms with Crippen molar-refractivity contribution in [2.45, 2.75) is 6.73 Å². The van der Waals surface area contributed by atoms with Gasteiger partial charge in [-0.3, -0.25) is 4.79 Å². The van der Waals surface area contributed by atoms with Crippen LogP contribution < -0.4 is 10.1 Å². The number of aromatic nitrogens is 2. The topological polar surface area (TPSA) is 56.2 Å². The number of benzene rings is 2. The SMILES string of the molecule is O=C(Nc1cc(F)ccc1F)c1ccn(COc2ccccc2F)n1. The minimum atomic E-state index is -0.767. The van der Waals surface area contributed by atoms with Crippen molar-refractivity contribution >= 4 is 11.6 Å². The summed E-state index contributed by atoms with van der Waals surface area (Å²) in [5.74, 6) is -2.63. The molecule has 0 unspecified atom stereocenters. The molecule has 0 spiro atoms. The summed E-state index contributed by atoms with van der Waals surface area (Å²) in [7, 11) is 0. The number of ether oxygens (including phenoxy) is 1. The van der Waals surface area contributed by atoms with Gasteiger partial charge in [-0.2, -0.15) is 5.10 Å². The van der Waals surface area contributed by atoms with E-state index in [4.69, 9.17) is 4.74 Å². The summed E-state index contributed by atoms with van der Waals surface area (Å²) in [4.78, 5) is 12.0. The highest BCUT2D eigenvalue weighted by molar-refractivity contribution is 6.02.